The first-order valence-corrected chi connectivity index (χ1v) is 6.15. The molecule has 0 atom stereocenters. The van der Waals surface area contributed by atoms with Crippen LogP contribution in [0.2, 0.25) is 0 Å². The summed E-state index contributed by atoms with van der Waals surface area (Å²) in [7, 11) is 0. The predicted octanol–water partition coefficient (Wildman–Crippen LogP) is 2.08. The lowest BCUT2D eigenvalue weighted by atomic mass is 10.1. The molecule has 0 N–H and O–H groups in total. The molecule has 88 valence electrons. The van der Waals surface area contributed by atoms with Gasteiger partial charge in [-0.25, -0.2) is 0 Å². The maximum atomic E-state index is 5.62. The quantitative estimate of drug-likeness (QED) is 0.710. The SMILES string of the molecule is c1ccc(COCCN2CCCCC2)nc1. The number of pyridine rings is 1. The molecule has 1 saturated heterocycles. The van der Waals surface area contributed by atoms with E-state index in [-0.39, 0.29) is 0 Å². The first-order chi connectivity index (χ1) is 7.95. The molecule has 0 saturated carbocycles. The molecule has 1 aliphatic heterocycles. The van der Waals surface area contributed by atoms with Crippen LogP contribution in [0, 0.1) is 0 Å². The topological polar surface area (TPSA) is 25.4 Å². The zero-order valence-electron chi connectivity index (χ0n) is 9.77. The molecule has 0 spiro atoms. The second-order valence-electron chi connectivity index (χ2n) is 4.28. The maximum absolute atomic E-state index is 5.62. The Morgan fingerprint density at radius 1 is 1.19 bits per heavy atom. The predicted molar refractivity (Wildman–Crippen MR) is 64.2 cm³/mol. The number of rotatable bonds is 5. The third-order valence-corrected chi connectivity index (χ3v) is 2.98. The molecule has 0 aliphatic carbocycles. The summed E-state index contributed by atoms with van der Waals surface area (Å²) in [5, 5.41) is 0. The maximum Gasteiger partial charge on any atom is 0.0888 e. The lowest BCUT2D eigenvalue weighted by Gasteiger charge is -2.26. The monoisotopic (exact) mass is 220 g/mol. The fourth-order valence-electron chi connectivity index (χ4n) is 2.04. The summed E-state index contributed by atoms with van der Waals surface area (Å²) < 4.78 is 5.62. The molecule has 0 radical (unpaired) electrons. The minimum absolute atomic E-state index is 0.634. The van der Waals surface area contributed by atoms with E-state index >= 15 is 0 Å². The lowest BCUT2D eigenvalue weighted by molar-refractivity contribution is 0.0845. The molecule has 3 nitrogen and oxygen atoms in total. The minimum atomic E-state index is 0.634. The van der Waals surface area contributed by atoms with Gasteiger partial charge in [-0.15, -0.1) is 0 Å². The third-order valence-electron chi connectivity index (χ3n) is 2.98. The van der Waals surface area contributed by atoms with Crippen molar-refractivity contribution in [3.8, 4) is 0 Å². The van der Waals surface area contributed by atoms with E-state index in [1.54, 1.807) is 0 Å². The Morgan fingerprint density at radius 2 is 2.06 bits per heavy atom. The molecule has 1 fully saturated rings. The highest BCUT2D eigenvalue weighted by atomic mass is 16.5. The van der Waals surface area contributed by atoms with Crippen LogP contribution in [-0.2, 0) is 11.3 Å². The van der Waals surface area contributed by atoms with E-state index in [9.17, 15) is 0 Å². The van der Waals surface area contributed by atoms with E-state index < -0.39 is 0 Å². The van der Waals surface area contributed by atoms with Crippen LogP contribution < -0.4 is 0 Å². The van der Waals surface area contributed by atoms with Gasteiger partial charge < -0.3 is 9.64 Å². The van der Waals surface area contributed by atoms with E-state index in [0.717, 1.165) is 18.8 Å². The van der Waals surface area contributed by atoms with Crippen LogP contribution >= 0.6 is 0 Å². The lowest BCUT2D eigenvalue weighted by Crippen LogP contribution is -2.32. The second kappa shape index (κ2) is 6.61. The van der Waals surface area contributed by atoms with Crippen molar-refractivity contribution in [2.75, 3.05) is 26.2 Å². The molecule has 0 unspecified atom stereocenters. The van der Waals surface area contributed by atoms with Crippen molar-refractivity contribution >= 4 is 0 Å². The summed E-state index contributed by atoms with van der Waals surface area (Å²) in [6.07, 6.45) is 5.90. The highest BCUT2D eigenvalue weighted by Gasteiger charge is 2.08. The number of hydrogen-bond acceptors (Lipinski definition) is 3. The van der Waals surface area contributed by atoms with Crippen molar-refractivity contribution < 1.29 is 4.74 Å². The van der Waals surface area contributed by atoms with Crippen molar-refractivity contribution in [2.24, 2.45) is 0 Å². The molecule has 0 aromatic carbocycles. The van der Waals surface area contributed by atoms with E-state index in [1.165, 1.54) is 32.4 Å². The number of hydrogen-bond donors (Lipinski definition) is 0. The standard InChI is InChI=1S/C13H20N2O/c1-4-8-15(9-5-1)10-11-16-12-13-6-2-3-7-14-13/h2-3,6-7H,1,4-5,8-12H2. The summed E-state index contributed by atoms with van der Waals surface area (Å²) in [5.74, 6) is 0. The average Bonchev–Trinajstić information content (AvgIpc) is 2.37. The molecule has 3 heteroatoms. The van der Waals surface area contributed by atoms with Gasteiger partial charge in [0, 0.05) is 12.7 Å². The minimum Gasteiger partial charge on any atom is -0.374 e. The van der Waals surface area contributed by atoms with Crippen LogP contribution in [0.15, 0.2) is 24.4 Å². The average molecular weight is 220 g/mol. The summed E-state index contributed by atoms with van der Waals surface area (Å²) in [4.78, 5) is 6.71. The molecule has 2 heterocycles. The smallest absolute Gasteiger partial charge is 0.0888 e. The van der Waals surface area contributed by atoms with Gasteiger partial charge in [-0.3, -0.25) is 4.98 Å². The Kier molecular flexibility index (Phi) is 4.77. The van der Waals surface area contributed by atoms with Crippen LogP contribution in [0.1, 0.15) is 25.0 Å². The summed E-state index contributed by atoms with van der Waals surface area (Å²) in [6, 6.07) is 5.93. The molecular weight excluding hydrogens is 200 g/mol. The zero-order valence-corrected chi connectivity index (χ0v) is 9.77. The van der Waals surface area contributed by atoms with Gasteiger partial charge in [0.25, 0.3) is 0 Å². The van der Waals surface area contributed by atoms with E-state index in [0.29, 0.717) is 6.61 Å². The molecule has 1 aromatic heterocycles. The summed E-state index contributed by atoms with van der Waals surface area (Å²) in [5.41, 5.74) is 1.01. The van der Waals surface area contributed by atoms with Gasteiger partial charge in [-0.05, 0) is 38.1 Å². The molecule has 2 rings (SSSR count). The Labute approximate surface area is 97.4 Å². The number of ether oxygens (including phenoxy) is 1. The molecule has 0 bridgehead atoms. The Bertz CT molecular complexity index is 283. The summed E-state index contributed by atoms with van der Waals surface area (Å²) in [6.45, 7) is 5.00. The molecule has 1 aliphatic rings. The van der Waals surface area contributed by atoms with Gasteiger partial charge in [0.15, 0.2) is 0 Å². The summed E-state index contributed by atoms with van der Waals surface area (Å²) >= 11 is 0. The molecule has 0 amide bonds. The Hall–Kier alpha value is -0.930. The van der Waals surface area contributed by atoms with Gasteiger partial charge in [0.05, 0.1) is 18.9 Å². The van der Waals surface area contributed by atoms with Gasteiger partial charge in [-0.1, -0.05) is 12.5 Å². The second-order valence-corrected chi connectivity index (χ2v) is 4.28. The van der Waals surface area contributed by atoms with Crippen LogP contribution in [-0.4, -0.2) is 36.1 Å². The number of nitrogens with zero attached hydrogens (tertiary/aromatic N) is 2. The molecule has 16 heavy (non-hydrogen) atoms. The highest BCUT2D eigenvalue weighted by Crippen LogP contribution is 2.07. The van der Waals surface area contributed by atoms with Crippen LogP contribution in [0.4, 0.5) is 0 Å². The van der Waals surface area contributed by atoms with Gasteiger partial charge in [0.2, 0.25) is 0 Å². The van der Waals surface area contributed by atoms with Crippen LogP contribution in [0.25, 0.3) is 0 Å². The van der Waals surface area contributed by atoms with E-state index in [4.69, 9.17) is 4.74 Å². The largest absolute Gasteiger partial charge is 0.374 e. The van der Waals surface area contributed by atoms with Crippen molar-refractivity contribution in [1.29, 1.82) is 0 Å². The van der Waals surface area contributed by atoms with Crippen molar-refractivity contribution in [2.45, 2.75) is 25.9 Å². The molecular formula is C13H20N2O. The molecule has 1 aromatic rings. The van der Waals surface area contributed by atoms with Crippen molar-refractivity contribution in [3.05, 3.63) is 30.1 Å². The number of aromatic nitrogens is 1. The number of likely N-dealkylation sites (tertiary alicyclic amines) is 1. The zero-order chi connectivity index (χ0) is 11.1. The van der Waals surface area contributed by atoms with Crippen LogP contribution in [0.3, 0.4) is 0 Å². The van der Waals surface area contributed by atoms with Crippen molar-refractivity contribution in [3.63, 3.8) is 0 Å². The van der Waals surface area contributed by atoms with Gasteiger partial charge in [0.1, 0.15) is 0 Å². The normalized spacial score (nSPS) is 17.5. The highest BCUT2D eigenvalue weighted by molar-refractivity contribution is 5.01. The number of piperidine rings is 1. The first kappa shape index (κ1) is 11.6. The first-order valence-electron chi connectivity index (χ1n) is 6.15. The van der Waals surface area contributed by atoms with E-state index in [1.807, 2.05) is 24.4 Å². The fraction of sp³-hybridized carbons (Fsp3) is 0.615. The third kappa shape index (κ3) is 3.91. The van der Waals surface area contributed by atoms with Gasteiger partial charge >= 0.3 is 0 Å². The van der Waals surface area contributed by atoms with Crippen molar-refractivity contribution in [1.82, 2.24) is 9.88 Å². The van der Waals surface area contributed by atoms with Crippen LogP contribution in [0.5, 0.6) is 0 Å². The fourth-order valence-corrected chi connectivity index (χ4v) is 2.04. The van der Waals surface area contributed by atoms with E-state index in [2.05, 4.69) is 9.88 Å². The van der Waals surface area contributed by atoms with Gasteiger partial charge in [-0.2, -0.15) is 0 Å². The Morgan fingerprint density at radius 3 is 2.81 bits per heavy atom. The Balaban J connectivity index is 1.58.